The number of nitrogens with zero attached hydrogens (tertiary/aromatic N) is 3. The summed E-state index contributed by atoms with van der Waals surface area (Å²) in [5.41, 5.74) is 6.45. The minimum Gasteiger partial charge on any atom is -0.464 e. The second-order valence-corrected chi connectivity index (χ2v) is 9.30. The molecule has 172 valence electrons. The maximum Gasteiger partial charge on any atom is 0.264 e. The van der Waals surface area contributed by atoms with Crippen molar-refractivity contribution in [2.24, 2.45) is 0 Å². The van der Waals surface area contributed by atoms with E-state index in [1.807, 2.05) is 16.9 Å². The fraction of sp³-hybridized carbons (Fsp3) is 0.0952. The van der Waals surface area contributed by atoms with Gasteiger partial charge in [-0.25, -0.2) is 18.1 Å². The Hall–Kier alpha value is -4.33. The number of thioether (sulfide) groups is 1. The van der Waals surface area contributed by atoms with Crippen molar-refractivity contribution in [2.75, 3.05) is 16.8 Å². The lowest BCUT2D eigenvalue weighted by Gasteiger charge is -2.11. The Morgan fingerprint density at radius 3 is 2.38 bits per heavy atom. The van der Waals surface area contributed by atoms with Gasteiger partial charge in [0.2, 0.25) is 11.8 Å². The molecule has 13 heteroatoms. The number of nitrogens with two attached hydrogens (primary N) is 1. The number of amides is 2. The van der Waals surface area contributed by atoms with Crippen LogP contribution in [0.25, 0.3) is 11.3 Å². The molecule has 3 rings (SSSR count). The topological polar surface area (TPSA) is 192 Å². The number of carbonyl (C=O) groups excluding carboxylic acids is 2. The van der Waals surface area contributed by atoms with Crippen LogP contribution in [0.1, 0.15) is 18.1 Å². The molecular weight excluding hydrogens is 480 g/mol. The van der Waals surface area contributed by atoms with Gasteiger partial charge in [0, 0.05) is 12.6 Å². The number of hydrogen-bond donors (Lipinski definition) is 3. The number of anilines is 2. The van der Waals surface area contributed by atoms with Crippen LogP contribution in [0.5, 0.6) is 0 Å². The first-order valence-corrected chi connectivity index (χ1v) is 11.9. The van der Waals surface area contributed by atoms with Gasteiger partial charge in [-0.15, -0.1) is 0 Å². The predicted octanol–water partition coefficient (Wildman–Crippen LogP) is 2.22. The third kappa shape index (κ3) is 5.35. The summed E-state index contributed by atoms with van der Waals surface area (Å²) in [5, 5.41) is 21.9. The van der Waals surface area contributed by atoms with Gasteiger partial charge in [0.25, 0.3) is 10.0 Å². The fourth-order valence-corrected chi connectivity index (χ4v) is 4.65. The number of nitriles is 2. The van der Waals surface area contributed by atoms with Crippen LogP contribution in [0.2, 0.25) is 0 Å². The molecular formula is C21H16N6O5S2. The van der Waals surface area contributed by atoms with E-state index in [1.54, 1.807) is 12.1 Å². The van der Waals surface area contributed by atoms with Crippen LogP contribution < -0.4 is 15.8 Å². The number of sulfonamides is 1. The normalized spacial score (nSPS) is 10.7. The van der Waals surface area contributed by atoms with Crippen LogP contribution >= 0.6 is 11.8 Å². The minimum atomic E-state index is -3.99. The summed E-state index contributed by atoms with van der Waals surface area (Å²) in [6.45, 7) is 1.08. The smallest absolute Gasteiger partial charge is 0.264 e. The quantitative estimate of drug-likeness (QED) is 0.408. The predicted molar refractivity (Wildman–Crippen MR) is 123 cm³/mol. The van der Waals surface area contributed by atoms with E-state index in [9.17, 15) is 28.5 Å². The first-order valence-electron chi connectivity index (χ1n) is 9.40. The molecule has 11 nitrogen and oxygen atoms in total. The van der Waals surface area contributed by atoms with Crippen molar-refractivity contribution in [3.63, 3.8) is 0 Å². The summed E-state index contributed by atoms with van der Waals surface area (Å²) in [5.74, 6) is -1.18. The van der Waals surface area contributed by atoms with Gasteiger partial charge >= 0.3 is 0 Å². The largest absolute Gasteiger partial charge is 0.464 e. The summed E-state index contributed by atoms with van der Waals surface area (Å²) in [6, 6.07) is 12.3. The molecule has 1 aromatic carbocycles. The highest BCUT2D eigenvalue weighted by Crippen LogP contribution is 2.35. The highest BCUT2D eigenvalue weighted by molar-refractivity contribution is 8.00. The number of benzene rings is 1. The number of carbonyl (C=O) groups is 2. The molecule has 2 aromatic heterocycles. The molecule has 34 heavy (non-hydrogen) atoms. The summed E-state index contributed by atoms with van der Waals surface area (Å²) in [4.78, 5) is 27.4. The summed E-state index contributed by atoms with van der Waals surface area (Å²) in [6.07, 6.45) is 1.39. The Morgan fingerprint density at radius 2 is 1.82 bits per heavy atom. The number of nitrogens with one attached hydrogen (secondary N) is 2. The van der Waals surface area contributed by atoms with Gasteiger partial charge in [0.05, 0.1) is 28.0 Å². The summed E-state index contributed by atoms with van der Waals surface area (Å²) in [7, 11) is -3.99. The third-order valence-electron chi connectivity index (χ3n) is 4.25. The van der Waals surface area contributed by atoms with E-state index in [4.69, 9.17) is 10.2 Å². The third-order valence-corrected chi connectivity index (χ3v) is 6.67. The molecule has 0 saturated carbocycles. The van der Waals surface area contributed by atoms with Crippen molar-refractivity contribution >= 4 is 45.1 Å². The van der Waals surface area contributed by atoms with E-state index >= 15 is 0 Å². The second-order valence-electron chi connectivity index (χ2n) is 6.65. The van der Waals surface area contributed by atoms with Crippen molar-refractivity contribution < 1.29 is 22.4 Å². The Balaban J connectivity index is 1.76. The van der Waals surface area contributed by atoms with E-state index in [1.165, 1.54) is 30.5 Å². The first kappa shape index (κ1) is 24.3. The van der Waals surface area contributed by atoms with Crippen molar-refractivity contribution in [2.45, 2.75) is 16.8 Å². The molecule has 0 saturated heterocycles. The molecule has 0 fully saturated rings. The zero-order valence-electron chi connectivity index (χ0n) is 17.5. The van der Waals surface area contributed by atoms with Crippen molar-refractivity contribution in [3.8, 4) is 23.5 Å². The monoisotopic (exact) mass is 496 g/mol. The zero-order chi connectivity index (χ0) is 24.9. The van der Waals surface area contributed by atoms with E-state index in [2.05, 4.69) is 10.3 Å². The SMILES string of the molecule is CC(=O)NS(=O)(=O)c1ccc(NC(=O)CSc2nc(N)c(C#N)c(-c3ccco3)c2C#N)cc1. The molecule has 4 N–H and O–H groups in total. The highest BCUT2D eigenvalue weighted by atomic mass is 32.2. The maximum absolute atomic E-state index is 12.4. The Labute approximate surface area is 198 Å². The van der Waals surface area contributed by atoms with Crippen LogP contribution in [0.3, 0.4) is 0 Å². The highest BCUT2D eigenvalue weighted by Gasteiger charge is 2.23. The molecule has 0 atom stereocenters. The van der Waals surface area contributed by atoms with E-state index in [-0.39, 0.29) is 43.9 Å². The summed E-state index contributed by atoms with van der Waals surface area (Å²) < 4.78 is 31.2. The van der Waals surface area contributed by atoms with E-state index < -0.39 is 21.8 Å². The van der Waals surface area contributed by atoms with Crippen molar-refractivity contribution in [3.05, 3.63) is 53.8 Å². The van der Waals surface area contributed by atoms with E-state index in [0.717, 1.165) is 18.7 Å². The molecule has 0 unspecified atom stereocenters. The Kier molecular flexibility index (Phi) is 7.21. The lowest BCUT2D eigenvalue weighted by Crippen LogP contribution is -2.28. The molecule has 0 aliphatic heterocycles. The van der Waals surface area contributed by atoms with Crippen LogP contribution in [-0.4, -0.2) is 31.0 Å². The Bertz CT molecular complexity index is 1440. The number of pyridine rings is 1. The minimum absolute atomic E-state index is 0.00499. The maximum atomic E-state index is 12.4. The van der Waals surface area contributed by atoms with Gasteiger partial charge in [0.15, 0.2) is 0 Å². The Morgan fingerprint density at radius 1 is 1.15 bits per heavy atom. The van der Waals surface area contributed by atoms with Gasteiger partial charge in [0.1, 0.15) is 34.3 Å². The van der Waals surface area contributed by atoms with Crippen LogP contribution in [0, 0.1) is 22.7 Å². The lowest BCUT2D eigenvalue weighted by atomic mass is 10.0. The van der Waals surface area contributed by atoms with Gasteiger partial charge in [-0.2, -0.15) is 10.5 Å². The number of nitrogen functional groups attached to an aromatic ring is 1. The lowest BCUT2D eigenvalue weighted by molar-refractivity contribution is -0.117. The summed E-state index contributed by atoms with van der Waals surface area (Å²) >= 11 is 0.938. The van der Waals surface area contributed by atoms with Gasteiger partial charge in [-0.05, 0) is 36.4 Å². The molecule has 0 radical (unpaired) electrons. The average Bonchev–Trinajstić information content (AvgIpc) is 3.31. The van der Waals surface area contributed by atoms with Gasteiger partial charge < -0.3 is 15.5 Å². The molecule has 0 aliphatic carbocycles. The molecule has 2 amide bonds. The van der Waals surface area contributed by atoms with E-state index in [0.29, 0.717) is 5.69 Å². The van der Waals surface area contributed by atoms with Crippen molar-refractivity contribution in [1.29, 1.82) is 10.5 Å². The number of rotatable bonds is 7. The first-order chi connectivity index (χ1) is 16.2. The van der Waals surface area contributed by atoms with Crippen LogP contribution in [-0.2, 0) is 19.6 Å². The van der Waals surface area contributed by atoms with Crippen LogP contribution in [0.15, 0.2) is 57.0 Å². The fourth-order valence-electron chi connectivity index (χ4n) is 2.87. The molecule has 3 aromatic rings. The van der Waals surface area contributed by atoms with Crippen LogP contribution in [0.4, 0.5) is 11.5 Å². The molecule has 2 heterocycles. The number of furan rings is 1. The molecule has 0 spiro atoms. The molecule has 0 bridgehead atoms. The number of hydrogen-bond acceptors (Lipinski definition) is 10. The van der Waals surface area contributed by atoms with Crippen molar-refractivity contribution in [1.82, 2.24) is 9.71 Å². The second kappa shape index (κ2) is 10.1. The average molecular weight is 497 g/mol. The number of aromatic nitrogens is 1. The zero-order valence-corrected chi connectivity index (χ0v) is 19.2. The van der Waals surface area contributed by atoms with Gasteiger partial charge in [-0.1, -0.05) is 11.8 Å². The van der Waals surface area contributed by atoms with Gasteiger partial charge in [-0.3, -0.25) is 9.59 Å². The molecule has 0 aliphatic rings. The standard InChI is InChI=1S/C21H16N6O5S2/c1-12(28)27-34(30,31)14-6-4-13(5-7-14)25-18(29)11-33-21-16(10-23)19(17-3-2-8-32-17)15(9-22)20(24)26-21/h2-8H,11H2,1H3,(H2,24,26)(H,25,29)(H,27,28).